The quantitative estimate of drug-likeness (QED) is 0.531. The molecule has 0 aromatic carbocycles. The fourth-order valence-corrected chi connectivity index (χ4v) is 3.59. The molecule has 0 bridgehead atoms. The van der Waals surface area contributed by atoms with Gasteiger partial charge < -0.3 is 20.5 Å². The van der Waals surface area contributed by atoms with Gasteiger partial charge in [-0.1, -0.05) is 0 Å². The second-order valence-electron chi connectivity index (χ2n) is 6.86. The lowest BCUT2D eigenvalue weighted by atomic mass is 10.1. The van der Waals surface area contributed by atoms with Gasteiger partial charge in [0, 0.05) is 18.9 Å². The average Bonchev–Trinajstić information content (AvgIpc) is 3.34. The van der Waals surface area contributed by atoms with E-state index in [1.807, 2.05) is 6.07 Å². The molecule has 1 aliphatic rings. The number of carboxylic acid groups (broad SMARTS) is 1. The van der Waals surface area contributed by atoms with Gasteiger partial charge in [-0.05, 0) is 37.0 Å². The molecule has 0 radical (unpaired) electrons. The minimum atomic E-state index is -1.02. The summed E-state index contributed by atoms with van der Waals surface area (Å²) in [7, 11) is 0. The van der Waals surface area contributed by atoms with Gasteiger partial charge in [0.1, 0.15) is 5.69 Å². The Morgan fingerprint density at radius 1 is 1.37 bits per heavy atom. The van der Waals surface area contributed by atoms with Crippen LogP contribution >= 0.6 is 0 Å². The summed E-state index contributed by atoms with van der Waals surface area (Å²) in [6, 6.07) is 4.95. The third kappa shape index (κ3) is 3.54. The molecule has 1 amide bonds. The van der Waals surface area contributed by atoms with Crippen LogP contribution in [0.3, 0.4) is 0 Å². The Hall–Kier alpha value is -3.20. The maximum absolute atomic E-state index is 12.5. The van der Waals surface area contributed by atoms with Crippen LogP contribution in [0.15, 0.2) is 36.8 Å². The van der Waals surface area contributed by atoms with Crippen LogP contribution in [-0.2, 0) is 6.54 Å². The van der Waals surface area contributed by atoms with Gasteiger partial charge >= 0.3 is 5.97 Å². The van der Waals surface area contributed by atoms with Crippen molar-refractivity contribution in [2.75, 3.05) is 0 Å². The number of H-pyrrole nitrogens is 1. The molecule has 4 rings (SSSR count). The third-order valence-electron chi connectivity index (χ3n) is 4.90. The van der Waals surface area contributed by atoms with Gasteiger partial charge in [-0.25, -0.2) is 4.79 Å². The summed E-state index contributed by atoms with van der Waals surface area (Å²) in [4.78, 5) is 30.6. The van der Waals surface area contributed by atoms with Gasteiger partial charge in [0.05, 0.1) is 34.9 Å². The van der Waals surface area contributed by atoms with E-state index in [2.05, 4.69) is 20.4 Å². The number of carboxylic acids is 1. The number of hydrogen-bond donors (Lipinski definition) is 4. The standard InChI is InChI=1S/C18H19N5O4/c24-16-5-10(8-23-9-11(7-20-23)18(26)27)4-14(16)22-17(25)15-6-13-12(21-15)2-1-3-19-13/h1-3,6-7,9-10,14,16,21,24H,4-5,8H2,(H,22,25)(H,26,27)/t10?,14-,16-/m1/s1. The molecule has 1 fully saturated rings. The van der Waals surface area contributed by atoms with Crippen LogP contribution in [0.25, 0.3) is 11.0 Å². The SMILES string of the molecule is O=C(O)c1cnn(CC2C[C@@H](O)[C@H](NC(=O)c3cc4ncccc4[nH]3)C2)c1. The van der Waals surface area contributed by atoms with Gasteiger partial charge in [-0.15, -0.1) is 0 Å². The smallest absolute Gasteiger partial charge is 0.338 e. The summed E-state index contributed by atoms with van der Waals surface area (Å²) < 4.78 is 1.56. The first-order valence-electron chi connectivity index (χ1n) is 8.68. The van der Waals surface area contributed by atoms with Crippen molar-refractivity contribution in [1.29, 1.82) is 0 Å². The largest absolute Gasteiger partial charge is 0.478 e. The predicted octanol–water partition coefficient (Wildman–Crippen LogP) is 1.03. The van der Waals surface area contributed by atoms with Crippen LogP contribution in [-0.4, -0.2) is 54.0 Å². The second kappa shape index (κ2) is 6.84. The van der Waals surface area contributed by atoms with E-state index in [-0.39, 0.29) is 23.4 Å². The van der Waals surface area contributed by atoms with E-state index in [9.17, 15) is 14.7 Å². The Morgan fingerprint density at radius 2 is 2.22 bits per heavy atom. The molecule has 3 heterocycles. The maximum atomic E-state index is 12.5. The Morgan fingerprint density at radius 3 is 2.96 bits per heavy atom. The zero-order valence-corrected chi connectivity index (χ0v) is 14.4. The summed E-state index contributed by atoms with van der Waals surface area (Å²) in [6.07, 6.45) is 4.88. The van der Waals surface area contributed by atoms with Crippen molar-refractivity contribution < 1.29 is 19.8 Å². The number of aromatic carboxylic acids is 1. The van der Waals surface area contributed by atoms with Crippen molar-refractivity contribution in [3.05, 3.63) is 48.0 Å². The number of nitrogens with one attached hydrogen (secondary N) is 2. The molecule has 140 valence electrons. The van der Waals surface area contributed by atoms with E-state index in [0.717, 1.165) is 5.52 Å². The molecule has 0 spiro atoms. The zero-order chi connectivity index (χ0) is 19.0. The Balaban J connectivity index is 1.39. The number of aliphatic hydroxyl groups is 1. The first-order chi connectivity index (χ1) is 13.0. The molecular formula is C18H19N5O4. The highest BCUT2D eigenvalue weighted by molar-refractivity contribution is 5.97. The monoisotopic (exact) mass is 369 g/mol. The number of fused-ring (bicyclic) bond motifs is 1. The van der Waals surface area contributed by atoms with E-state index in [1.165, 1.54) is 12.4 Å². The van der Waals surface area contributed by atoms with Crippen LogP contribution in [0, 0.1) is 5.92 Å². The summed E-state index contributed by atoms with van der Waals surface area (Å²) in [6.45, 7) is 0.493. The number of carbonyl (C=O) groups is 2. The lowest BCUT2D eigenvalue weighted by Gasteiger charge is -2.15. The first-order valence-corrected chi connectivity index (χ1v) is 8.68. The van der Waals surface area contributed by atoms with E-state index < -0.39 is 12.1 Å². The van der Waals surface area contributed by atoms with Crippen molar-refractivity contribution in [2.24, 2.45) is 5.92 Å². The molecular weight excluding hydrogens is 350 g/mol. The minimum absolute atomic E-state index is 0.0937. The number of pyridine rings is 1. The molecule has 3 atom stereocenters. The van der Waals surface area contributed by atoms with E-state index in [4.69, 9.17) is 5.11 Å². The first kappa shape index (κ1) is 17.2. The number of hydrogen-bond acceptors (Lipinski definition) is 5. The summed E-state index contributed by atoms with van der Waals surface area (Å²) in [5.74, 6) is -1.22. The van der Waals surface area contributed by atoms with Gasteiger partial charge in [-0.3, -0.25) is 14.5 Å². The number of aliphatic hydroxyl groups excluding tert-OH is 1. The van der Waals surface area contributed by atoms with Gasteiger partial charge in [-0.2, -0.15) is 5.10 Å². The molecule has 9 heteroatoms. The lowest BCUT2D eigenvalue weighted by molar-refractivity contribution is 0.0696. The molecule has 0 aliphatic heterocycles. The van der Waals surface area contributed by atoms with E-state index >= 15 is 0 Å². The number of aromatic nitrogens is 4. The number of nitrogens with zero attached hydrogens (tertiary/aromatic N) is 3. The Bertz CT molecular complexity index is 961. The average molecular weight is 369 g/mol. The fourth-order valence-electron chi connectivity index (χ4n) is 3.59. The van der Waals surface area contributed by atoms with Gasteiger partial charge in [0.25, 0.3) is 5.91 Å². The number of aromatic amines is 1. The van der Waals surface area contributed by atoms with Crippen molar-refractivity contribution in [3.8, 4) is 0 Å². The summed E-state index contributed by atoms with van der Waals surface area (Å²) in [5.41, 5.74) is 2.02. The molecule has 3 aromatic rings. The normalized spacial score (nSPS) is 22.2. The van der Waals surface area contributed by atoms with Crippen molar-refractivity contribution >= 4 is 22.9 Å². The zero-order valence-electron chi connectivity index (χ0n) is 14.4. The lowest BCUT2D eigenvalue weighted by Crippen LogP contribution is -2.40. The summed E-state index contributed by atoms with van der Waals surface area (Å²) in [5, 5.41) is 26.2. The van der Waals surface area contributed by atoms with Crippen molar-refractivity contribution in [1.82, 2.24) is 25.1 Å². The molecule has 27 heavy (non-hydrogen) atoms. The highest BCUT2D eigenvalue weighted by Crippen LogP contribution is 2.28. The van der Waals surface area contributed by atoms with Crippen LogP contribution in [0.1, 0.15) is 33.7 Å². The minimum Gasteiger partial charge on any atom is -0.478 e. The molecule has 1 saturated carbocycles. The highest BCUT2D eigenvalue weighted by Gasteiger charge is 2.34. The van der Waals surface area contributed by atoms with Gasteiger partial charge in [0.2, 0.25) is 0 Å². The van der Waals surface area contributed by atoms with E-state index in [0.29, 0.717) is 30.6 Å². The van der Waals surface area contributed by atoms with Gasteiger partial charge in [0.15, 0.2) is 0 Å². The van der Waals surface area contributed by atoms with Crippen LogP contribution in [0.2, 0.25) is 0 Å². The molecule has 3 aromatic heterocycles. The Labute approximate surface area is 154 Å². The Kier molecular flexibility index (Phi) is 4.36. The van der Waals surface area contributed by atoms with Crippen LogP contribution in [0.4, 0.5) is 0 Å². The van der Waals surface area contributed by atoms with Crippen molar-refractivity contribution in [3.63, 3.8) is 0 Å². The highest BCUT2D eigenvalue weighted by atomic mass is 16.4. The number of carbonyl (C=O) groups excluding carboxylic acids is 1. The van der Waals surface area contributed by atoms with Crippen molar-refractivity contribution in [2.45, 2.75) is 31.5 Å². The second-order valence-corrected chi connectivity index (χ2v) is 6.86. The number of amides is 1. The maximum Gasteiger partial charge on any atom is 0.338 e. The third-order valence-corrected chi connectivity index (χ3v) is 4.90. The molecule has 4 N–H and O–H groups in total. The summed E-state index contributed by atoms with van der Waals surface area (Å²) >= 11 is 0. The molecule has 9 nitrogen and oxygen atoms in total. The predicted molar refractivity (Wildman–Crippen MR) is 95.3 cm³/mol. The fraction of sp³-hybridized carbons (Fsp3) is 0.333. The molecule has 0 saturated heterocycles. The number of rotatable bonds is 5. The van der Waals surface area contributed by atoms with Crippen LogP contribution < -0.4 is 5.32 Å². The topological polar surface area (TPSA) is 133 Å². The molecule has 1 unspecified atom stereocenters. The molecule has 1 aliphatic carbocycles. The van der Waals surface area contributed by atoms with E-state index in [1.54, 1.807) is 23.0 Å². The van der Waals surface area contributed by atoms with Crippen LogP contribution in [0.5, 0.6) is 0 Å².